The Balaban J connectivity index is 1.94. The quantitative estimate of drug-likeness (QED) is 0.333. The summed E-state index contributed by atoms with van der Waals surface area (Å²) in [6.45, 7) is 12.8. The lowest BCUT2D eigenvalue weighted by Gasteiger charge is -2.50. The zero-order valence-corrected chi connectivity index (χ0v) is 20.5. The van der Waals surface area contributed by atoms with Crippen LogP contribution < -0.4 is 9.64 Å². The van der Waals surface area contributed by atoms with Crippen LogP contribution in [0.4, 0.5) is 5.69 Å². The molecule has 1 aliphatic rings. The zero-order valence-electron chi connectivity index (χ0n) is 19.5. The number of anilines is 1. The van der Waals surface area contributed by atoms with E-state index in [1.165, 1.54) is 0 Å². The maximum atomic E-state index is 13.5. The summed E-state index contributed by atoms with van der Waals surface area (Å²) in [6.07, 6.45) is -0.347. The molecule has 0 aliphatic carbocycles. The molecule has 0 saturated carbocycles. The Morgan fingerprint density at radius 1 is 1.03 bits per heavy atom. The summed E-state index contributed by atoms with van der Waals surface area (Å²) in [7, 11) is -0.500. The highest BCUT2D eigenvalue weighted by Crippen LogP contribution is 2.42. The lowest BCUT2D eigenvalue weighted by atomic mass is 9.78. The minimum absolute atomic E-state index is 0.0165. The smallest absolute Gasteiger partial charge is 0.235 e. The predicted octanol–water partition coefficient (Wildman–Crippen LogP) is 5.32. The molecule has 31 heavy (non-hydrogen) atoms. The molecule has 3 atom stereocenters. The third kappa shape index (κ3) is 4.46. The standard InChI is InChI=1S/C25H33NO4Si/c1-17(30-31(6,7)25(2,3)4)21-22(23(27)18-11-9-8-10-12-18)26(24(21)28)19-13-15-20(29-5)16-14-19/h8-17,21-22H,1-7H3/t17-,21+,22-/m1/s1. The van der Waals surface area contributed by atoms with Gasteiger partial charge in [0.1, 0.15) is 11.8 Å². The van der Waals surface area contributed by atoms with Crippen LogP contribution in [0.15, 0.2) is 54.6 Å². The molecule has 0 aromatic heterocycles. The maximum Gasteiger partial charge on any atom is 0.235 e. The van der Waals surface area contributed by atoms with E-state index in [4.69, 9.17) is 9.16 Å². The number of ketones is 1. The predicted molar refractivity (Wildman–Crippen MR) is 126 cm³/mol. The van der Waals surface area contributed by atoms with Gasteiger partial charge in [-0.3, -0.25) is 9.59 Å². The van der Waals surface area contributed by atoms with Crippen LogP contribution in [0.3, 0.4) is 0 Å². The van der Waals surface area contributed by atoms with Crippen molar-refractivity contribution >= 4 is 25.7 Å². The van der Waals surface area contributed by atoms with Crippen LogP contribution in [0, 0.1) is 5.92 Å². The molecule has 1 amide bonds. The summed E-state index contributed by atoms with van der Waals surface area (Å²) in [5.74, 6) is 0.0510. The number of benzene rings is 2. The lowest BCUT2D eigenvalue weighted by molar-refractivity contribution is -0.133. The average molecular weight is 440 g/mol. The van der Waals surface area contributed by atoms with Crippen molar-refractivity contribution in [3.63, 3.8) is 0 Å². The highest BCUT2D eigenvalue weighted by molar-refractivity contribution is 6.74. The average Bonchev–Trinajstić information content (AvgIpc) is 2.71. The van der Waals surface area contributed by atoms with Crippen molar-refractivity contribution in [2.75, 3.05) is 12.0 Å². The number of Topliss-reactive ketones (excluding diaryl/α,β-unsaturated/α-hetero) is 1. The van der Waals surface area contributed by atoms with E-state index in [1.54, 1.807) is 36.3 Å². The number of carbonyl (C=O) groups is 2. The van der Waals surface area contributed by atoms with Gasteiger partial charge in [0, 0.05) is 11.3 Å². The molecular formula is C25H33NO4Si. The second-order valence-corrected chi connectivity index (χ2v) is 14.4. The Kier molecular flexibility index (Phi) is 6.44. The Hall–Kier alpha value is -2.44. The number of β-lactam (4-membered cyclic amide) rings is 1. The monoisotopic (exact) mass is 439 g/mol. The molecule has 0 N–H and O–H groups in total. The van der Waals surface area contributed by atoms with E-state index in [0.29, 0.717) is 17.0 Å². The molecule has 1 heterocycles. The van der Waals surface area contributed by atoms with Gasteiger partial charge >= 0.3 is 0 Å². The van der Waals surface area contributed by atoms with Crippen molar-refractivity contribution in [3.8, 4) is 5.75 Å². The van der Waals surface area contributed by atoms with E-state index >= 15 is 0 Å². The van der Waals surface area contributed by atoms with Crippen molar-refractivity contribution in [2.45, 2.75) is 58.0 Å². The molecule has 3 rings (SSSR count). The first-order valence-electron chi connectivity index (χ1n) is 10.7. The maximum absolute atomic E-state index is 13.5. The number of ether oxygens (including phenoxy) is 1. The van der Waals surface area contributed by atoms with E-state index < -0.39 is 20.3 Å². The van der Waals surface area contributed by atoms with Gasteiger partial charge in [-0.1, -0.05) is 51.1 Å². The number of hydrogen-bond donors (Lipinski definition) is 0. The van der Waals surface area contributed by atoms with Crippen molar-refractivity contribution < 1.29 is 18.8 Å². The summed E-state index contributed by atoms with van der Waals surface area (Å²) in [5, 5.41) is 0.0165. The molecule has 6 heteroatoms. The Bertz CT molecular complexity index is 934. The molecule has 0 bridgehead atoms. The second-order valence-electron chi connectivity index (χ2n) is 9.69. The molecule has 1 fully saturated rings. The molecule has 0 radical (unpaired) electrons. The third-order valence-electron chi connectivity index (χ3n) is 6.61. The van der Waals surface area contributed by atoms with Crippen molar-refractivity contribution in [1.29, 1.82) is 0 Å². The van der Waals surface area contributed by atoms with Gasteiger partial charge in [0.15, 0.2) is 14.1 Å². The molecular weight excluding hydrogens is 406 g/mol. The zero-order chi connectivity index (χ0) is 23.0. The number of hydrogen-bond acceptors (Lipinski definition) is 4. The Labute approximate surface area is 186 Å². The van der Waals surface area contributed by atoms with Crippen LogP contribution in [-0.2, 0) is 9.22 Å². The molecule has 0 spiro atoms. The largest absolute Gasteiger partial charge is 0.497 e. The molecule has 1 aliphatic heterocycles. The van der Waals surface area contributed by atoms with Gasteiger partial charge < -0.3 is 14.1 Å². The van der Waals surface area contributed by atoms with Crippen molar-refractivity contribution in [3.05, 3.63) is 60.2 Å². The van der Waals surface area contributed by atoms with Crippen LogP contribution in [0.1, 0.15) is 38.1 Å². The molecule has 166 valence electrons. The third-order valence-corrected chi connectivity index (χ3v) is 11.2. The van der Waals surface area contributed by atoms with E-state index in [2.05, 4.69) is 33.9 Å². The molecule has 2 aromatic carbocycles. The van der Waals surface area contributed by atoms with Crippen LogP contribution in [0.25, 0.3) is 0 Å². The highest BCUT2D eigenvalue weighted by atomic mass is 28.4. The molecule has 5 nitrogen and oxygen atoms in total. The van der Waals surface area contributed by atoms with Gasteiger partial charge in [0.25, 0.3) is 0 Å². The highest BCUT2D eigenvalue weighted by Gasteiger charge is 2.56. The first-order valence-corrected chi connectivity index (χ1v) is 13.6. The van der Waals surface area contributed by atoms with Gasteiger partial charge in [-0.25, -0.2) is 0 Å². The first kappa shape index (κ1) is 23.2. The number of rotatable bonds is 7. The number of nitrogens with zero attached hydrogens (tertiary/aromatic N) is 1. The van der Waals surface area contributed by atoms with Gasteiger partial charge in [0.2, 0.25) is 5.91 Å². The summed E-state index contributed by atoms with van der Waals surface area (Å²) in [5.41, 5.74) is 1.29. The summed E-state index contributed by atoms with van der Waals surface area (Å²) in [4.78, 5) is 28.4. The Morgan fingerprint density at radius 2 is 1.61 bits per heavy atom. The van der Waals surface area contributed by atoms with Crippen LogP contribution in [0.5, 0.6) is 5.75 Å². The van der Waals surface area contributed by atoms with Gasteiger partial charge in [-0.05, 0) is 49.3 Å². The minimum Gasteiger partial charge on any atom is -0.497 e. The molecule has 0 unspecified atom stereocenters. The fraction of sp³-hybridized carbons (Fsp3) is 0.440. The van der Waals surface area contributed by atoms with Crippen LogP contribution in [0.2, 0.25) is 18.1 Å². The minimum atomic E-state index is -2.10. The summed E-state index contributed by atoms with van der Waals surface area (Å²) < 4.78 is 11.8. The fourth-order valence-corrected chi connectivity index (χ4v) is 5.20. The fourth-order valence-electron chi connectivity index (χ4n) is 3.77. The number of amides is 1. The summed E-state index contributed by atoms with van der Waals surface area (Å²) >= 11 is 0. The van der Waals surface area contributed by atoms with E-state index in [1.807, 2.05) is 37.3 Å². The van der Waals surface area contributed by atoms with Crippen molar-refractivity contribution in [1.82, 2.24) is 0 Å². The normalized spacial score (nSPS) is 20.2. The van der Waals surface area contributed by atoms with E-state index in [-0.39, 0.29) is 22.8 Å². The second kappa shape index (κ2) is 8.59. The topological polar surface area (TPSA) is 55.8 Å². The van der Waals surface area contributed by atoms with Gasteiger partial charge in [-0.2, -0.15) is 0 Å². The lowest BCUT2D eigenvalue weighted by Crippen LogP contribution is -2.69. The van der Waals surface area contributed by atoms with Gasteiger partial charge in [-0.15, -0.1) is 0 Å². The molecule has 1 saturated heterocycles. The first-order chi connectivity index (χ1) is 14.5. The molecule has 2 aromatic rings. The summed E-state index contributed by atoms with van der Waals surface area (Å²) in [6, 6.07) is 15.8. The number of methoxy groups -OCH3 is 1. The van der Waals surface area contributed by atoms with Crippen LogP contribution >= 0.6 is 0 Å². The van der Waals surface area contributed by atoms with Crippen LogP contribution in [-0.4, -0.2) is 39.3 Å². The van der Waals surface area contributed by atoms with Crippen molar-refractivity contribution in [2.24, 2.45) is 5.92 Å². The van der Waals surface area contributed by atoms with E-state index in [9.17, 15) is 9.59 Å². The van der Waals surface area contributed by atoms with E-state index in [0.717, 1.165) is 0 Å². The SMILES string of the molecule is COc1ccc(N2C(=O)[C@@H]([C@@H](C)O[Si](C)(C)C(C)(C)C)[C@@H]2C(=O)c2ccccc2)cc1. The van der Waals surface area contributed by atoms with Gasteiger partial charge in [0.05, 0.1) is 19.1 Å². The Morgan fingerprint density at radius 3 is 2.13 bits per heavy atom. The number of carbonyl (C=O) groups excluding carboxylic acids is 2.